The summed E-state index contributed by atoms with van der Waals surface area (Å²) < 4.78 is 18.3. The predicted octanol–water partition coefficient (Wildman–Crippen LogP) is 5.78. The monoisotopic (exact) mass is 443 g/mol. The van der Waals surface area contributed by atoms with E-state index in [1.807, 2.05) is 43.3 Å². The lowest BCUT2D eigenvalue weighted by Crippen LogP contribution is -2.32. The smallest absolute Gasteiger partial charge is 0.251 e. The SMILES string of the molecule is C=N/C=C(\C(=C)C)c1ccccc1.O=C(NC1CCOc2cccnc21)c1ccc(F)cc1. The summed E-state index contributed by atoms with van der Waals surface area (Å²) in [5.41, 5.74) is 4.32. The minimum atomic E-state index is -0.361. The van der Waals surface area contributed by atoms with Crippen LogP contribution in [0.2, 0.25) is 0 Å². The highest BCUT2D eigenvalue weighted by molar-refractivity contribution is 5.94. The van der Waals surface area contributed by atoms with Gasteiger partial charge in [-0.2, -0.15) is 0 Å². The summed E-state index contributed by atoms with van der Waals surface area (Å²) in [7, 11) is 0. The summed E-state index contributed by atoms with van der Waals surface area (Å²) in [6.07, 6.45) is 4.07. The fourth-order valence-electron chi connectivity index (χ4n) is 3.33. The van der Waals surface area contributed by atoms with E-state index in [1.165, 1.54) is 24.3 Å². The van der Waals surface area contributed by atoms with E-state index in [1.54, 1.807) is 18.5 Å². The number of fused-ring (bicyclic) bond motifs is 1. The number of carbonyl (C=O) groups excluding carboxylic acids is 1. The number of amides is 1. The van der Waals surface area contributed by atoms with Gasteiger partial charge in [-0.25, -0.2) is 4.39 Å². The molecule has 2 heterocycles. The van der Waals surface area contributed by atoms with Gasteiger partial charge < -0.3 is 10.1 Å². The predicted molar refractivity (Wildman–Crippen MR) is 130 cm³/mol. The van der Waals surface area contributed by atoms with E-state index in [9.17, 15) is 9.18 Å². The Bertz CT molecular complexity index is 1140. The molecule has 3 aromatic rings. The number of halogens is 1. The average molecular weight is 444 g/mol. The van der Waals surface area contributed by atoms with Crippen molar-refractivity contribution in [2.45, 2.75) is 19.4 Å². The third kappa shape index (κ3) is 6.46. The Morgan fingerprint density at radius 1 is 1.12 bits per heavy atom. The van der Waals surface area contributed by atoms with Gasteiger partial charge in [-0.3, -0.25) is 14.8 Å². The van der Waals surface area contributed by atoms with Crippen LogP contribution in [-0.2, 0) is 0 Å². The number of pyridine rings is 1. The molecule has 1 atom stereocenters. The molecule has 1 aliphatic heterocycles. The molecule has 0 aliphatic carbocycles. The van der Waals surface area contributed by atoms with Crippen LogP contribution in [0.5, 0.6) is 5.75 Å². The average Bonchev–Trinajstić information content (AvgIpc) is 2.84. The van der Waals surface area contributed by atoms with Gasteiger partial charge in [0.25, 0.3) is 5.91 Å². The molecular weight excluding hydrogens is 417 g/mol. The summed E-state index contributed by atoms with van der Waals surface area (Å²) in [6, 6.07) is 18.9. The van der Waals surface area contributed by atoms with Crippen LogP contribution in [0, 0.1) is 5.82 Å². The first-order chi connectivity index (χ1) is 16.0. The molecule has 0 spiro atoms. The molecule has 4 rings (SSSR count). The van der Waals surface area contributed by atoms with Crippen molar-refractivity contribution < 1.29 is 13.9 Å². The molecule has 1 unspecified atom stereocenters. The molecule has 1 amide bonds. The molecule has 33 heavy (non-hydrogen) atoms. The first kappa shape index (κ1) is 23.6. The van der Waals surface area contributed by atoms with Crippen molar-refractivity contribution in [1.82, 2.24) is 10.3 Å². The van der Waals surface area contributed by atoms with E-state index < -0.39 is 0 Å². The number of nitrogens with zero attached hydrogens (tertiary/aromatic N) is 2. The zero-order valence-electron chi connectivity index (χ0n) is 18.5. The van der Waals surface area contributed by atoms with E-state index in [0.717, 1.165) is 22.4 Å². The molecule has 0 fully saturated rings. The van der Waals surface area contributed by atoms with Crippen molar-refractivity contribution in [2.75, 3.05) is 6.61 Å². The molecule has 0 radical (unpaired) electrons. The minimum Gasteiger partial charge on any atom is -0.491 e. The van der Waals surface area contributed by atoms with Crippen LogP contribution in [0.3, 0.4) is 0 Å². The molecule has 0 saturated carbocycles. The number of hydrogen-bond acceptors (Lipinski definition) is 4. The highest BCUT2D eigenvalue weighted by Crippen LogP contribution is 2.29. The normalized spacial score (nSPS) is 14.6. The highest BCUT2D eigenvalue weighted by atomic mass is 19.1. The summed E-state index contributed by atoms with van der Waals surface area (Å²) in [5.74, 6) is 0.0938. The first-order valence-electron chi connectivity index (χ1n) is 10.5. The molecule has 168 valence electrons. The summed E-state index contributed by atoms with van der Waals surface area (Å²) in [5, 5.41) is 2.91. The van der Waals surface area contributed by atoms with Crippen LogP contribution in [0.4, 0.5) is 4.39 Å². The maximum absolute atomic E-state index is 12.8. The number of aromatic nitrogens is 1. The van der Waals surface area contributed by atoms with Gasteiger partial charge in [-0.05, 0) is 61.2 Å². The van der Waals surface area contributed by atoms with Crippen LogP contribution < -0.4 is 10.1 Å². The molecule has 0 saturated heterocycles. The topological polar surface area (TPSA) is 63.6 Å². The van der Waals surface area contributed by atoms with Crippen molar-refractivity contribution in [1.29, 1.82) is 0 Å². The summed E-state index contributed by atoms with van der Waals surface area (Å²) in [4.78, 5) is 20.2. The minimum absolute atomic E-state index is 0.183. The van der Waals surface area contributed by atoms with Crippen LogP contribution in [0.1, 0.15) is 41.0 Å². The zero-order chi connectivity index (χ0) is 23.6. The number of ether oxygens (including phenoxy) is 1. The lowest BCUT2D eigenvalue weighted by molar-refractivity contribution is 0.0923. The fourth-order valence-corrected chi connectivity index (χ4v) is 3.33. The van der Waals surface area contributed by atoms with Crippen LogP contribution in [-0.4, -0.2) is 24.2 Å². The molecule has 1 aliphatic rings. The van der Waals surface area contributed by atoms with E-state index in [4.69, 9.17) is 4.74 Å². The Balaban J connectivity index is 0.000000205. The van der Waals surface area contributed by atoms with Crippen molar-refractivity contribution in [3.05, 3.63) is 114 Å². The van der Waals surface area contributed by atoms with Crippen molar-refractivity contribution in [3.63, 3.8) is 0 Å². The maximum atomic E-state index is 12.8. The standard InChI is InChI=1S/C15H13FN2O2.C12H13N/c16-11-5-3-10(4-6-11)15(19)18-12-7-9-20-13-2-1-8-17-14(12)13;1-10(2)12(9-13-3)11-7-5-4-6-8-11/h1-6,8,12H,7,9H2,(H,18,19);4-9H,1,3H2,2H3/b;12-9+. The molecule has 1 N–H and O–H groups in total. The summed E-state index contributed by atoms with van der Waals surface area (Å²) in [6.45, 7) is 9.83. The van der Waals surface area contributed by atoms with E-state index in [-0.39, 0.29) is 17.8 Å². The Morgan fingerprint density at radius 3 is 2.52 bits per heavy atom. The molecule has 2 aromatic carbocycles. The van der Waals surface area contributed by atoms with Gasteiger partial charge in [0.15, 0.2) is 0 Å². The lowest BCUT2D eigenvalue weighted by Gasteiger charge is -2.25. The largest absolute Gasteiger partial charge is 0.491 e. The van der Waals surface area contributed by atoms with Crippen molar-refractivity contribution in [3.8, 4) is 5.75 Å². The van der Waals surface area contributed by atoms with Crippen molar-refractivity contribution in [2.24, 2.45) is 4.99 Å². The Labute approximate surface area is 193 Å². The van der Waals surface area contributed by atoms with Gasteiger partial charge in [0.2, 0.25) is 0 Å². The number of benzene rings is 2. The second-order valence-corrected chi connectivity index (χ2v) is 7.43. The zero-order valence-corrected chi connectivity index (χ0v) is 18.5. The van der Waals surface area contributed by atoms with Gasteiger partial charge in [-0.1, -0.05) is 36.9 Å². The maximum Gasteiger partial charge on any atom is 0.251 e. The second-order valence-electron chi connectivity index (χ2n) is 7.43. The van der Waals surface area contributed by atoms with Crippen LogP contribution in [0.25, 0.3) is 5.57 Å². The number of aliphatic imine (C=N–C) groups is 1. The van der Waals surface area contributed by atoms with Gasteiger partial charge >= 0.3 is 0 Å². The molecule has 6 heteroatoms. The van der Waals surface area contributed by atoms with Crippen molar-refractivity contribution >= 4 is 18.2 Å². The molecular formula is C27H26FN3O2. The van der Waals surface area contributed by atoms with E-state index in [0.29, 0.717) is 24.3 Å². The quantitative estimate of drug-likeness (QED) is 0.402. The van der Waals surface area contributed by atoms with Gasteiger partial charge in [-0.15, -0.1) is 0 Å². The highest BCUT2D eigenvalue weighted by Gasteiger charge is 2.24. The number of allylic oxidation sites excluding steroid dienone is 2. The van der Waals surface area contributed by atoms with Gasteiger partial charge in [0, 0.05) is 30.0 Å². The van der Waals surface area contributed by atoms with E-state index in [2.05, 4.69) is 28.6 Å². The second kappa shape index (κ2) is 11.5. The lowest BCUT2D eigenvalue weighted by atomic mass is 10.0. The number of hydrogen-bond donors (Lipinski definition) is 1. The van der Waals surface area contributed by atoms with Gasteiger partial charge in [0.05, 0.1) is 12.6 Å². The third-order valence-corrected chi connectivity index (χ3v) is 4.97. The third-order valence-electron chi connectivity index (χ3n) is 4.97. The fraction of sp³-hybridized carbons (Fsp3) is 0.148. The Kier molecular flexibility index (Phi) is 8.24. The number of nitrogens with one attached hydrogen (secondary N) is 1. The number of rotatable bonds is 5. The summed E-state index contributed by atoms with van der Waals surface area (Å²) >= 11 is 0. The van der Waals surface area contributed by atoms with Crippen LogP contribution >= 0.6 is 0 Å². The number of carbonyl (C=O) groups is 1. The molecule has 5 nitrogen and oxygen atoms in total. The van der Waals surface area contributed by atoms with Crippen LogP contribution in [0.15, 0.2) is 96.3 Å². The van der Waals surface area contributed by atoms with E-state index >= 15 is 0 Å². The first-order valence-corrected chi connectivity index (χ1v) is 10.5. The Hall–Kier alpha value is -4.06. The Morgan fingerprint density at radius 2 is 1.85 bits per heavy atom. The van der Waals surface area contributed by atoms with Gasteiger partial charge in [0.1, 0.15) is 17.3 Å². The molecule has 1 aromatic heterocycles. The molecule has 0 bridgehead atoms.